The summed E-state index contributed by atoms with van der Waals surface area (Å²) >= 11 is 0. The minimum Gasteiger partial charge on any atom is -0.455 e. The molecule has 0 aromatic heterocycles. The third-order valence-corrected chi connectivity index (χ3v) is 3.92. The van der Waals surface area contributed by atoms with Crippen LogP contribution in [0.5, 0.6) is 11.5 Å². The summed E-state index contributed by atoms with van der Waals surface area (Å²) in [7, 11) is 0. The van der Waals surface area contributed by atoms with E-state index in [9.17, 15) is 14.0 Å². The predicted molar refractivity (Wildman–Crippen MR) is 109 cm³/mol. The molecule has 0 aliphatic carbocycles. The second-order valence-corrected chi connectivity index (χ2v) is 8.65. The standard InChI is InChI=1S/C22H27FN2O3/c1-21(2,3)19(26)24-14-10-12-15(13-11-14)28-17-9-7-8-16(23)18(17)25-20(27)22(4,5)6/h7-13H,1-6H3,(H,24,26)(H,25,27). The van der Waals surface area contributed by atoms with E-state index in [2.05, 4.69) is 10.6 Å². The fourth-order valence-electron chi connectivity index (χ4n) is 2.06. The van der Waals surface area contributed by atoms with Crippen LogP contribution in [-0.2, 0) is 9.59 Å². The van der Waals surface area contributed by atoms with E-state index >= 15 is 0 Å². The maximum absolute atomic E-state index is 14.3. The Morgan fingerprint density at radius 3 is 1.89 bits per heavy atom. The summed E-state index contributed by atoms with van der Waals surface area (Å²) < 4.78 is 20.0. The molecule has 0 heterocycles. The fraction of sp³-hybridized carbons (Fsp3) is 0.364. The maximum Gasteiger partial charge on any atom is 0.229 e. The van der Waals surface area contributed by atoms with Gasteiger partial charge in [0.2, 0.25) is 11.8 Å². The van der Waals surface area contributed by atoms with E-state index in [0.717, 1.165) is 0 Å². The number of carbonyl (C=O) groups is 2. The molecule has 0 radical (unpaired) electrons. The van der Waals surface area contributed by atoms with E-state index in [4.69, 9.17) is 4.74 Å². The van der Waals surface area contributed by atoms with Gasteiger partial charge in [-0.25, -0.2) is 4.39 Å². The summed E-state index contributed by atoms with van der Waals surface area (Å²) in [5, 5.41) is 5.42. The van der Waals surface area contributed by atoms with Gasteiger partial charge in [-0.3, -0.25) is 9.59 Å². The second-order valence-electron chi connectivity index (χ2n) is 8.65. The molecule has 6 heteroatoms. The number of para-hydroxylation sites is 1. The zero-order chi connectivity index (χ0) is 21.1. The molecule has 0 saturated carbocycles. The summed E-state index contributed by atoms with van der Waals surface area (Å²) in [4.78, 5) is 24.3. The topological polar surface area (TPSA) is 67.4 Å². The molecule has 2 rings (SSSR count). The normalized spacial score (nSPS) is 11.7. The van der Waals surface area contributed by atoms with E-state index in [1.54, 1.807) is 51.1 Å². The molecule has 150 valence electrons. The van der Waals surface area contributed by atoms with Crippen molar-refractivity contribution in [3.8, 4) is 11.5 Å². The number of anilines is 2. The summed E-state index contributed by atoms with van der Waals surface area (Å²) in [6.07, 6.45) is 0. The first kappa shape index (κ1) is 21.4. The van der Waals surface area contributed by atoms with Crippen LogP contribution in [0.15, 0.2) is 42.5 Å². The van der Waals surface area contributed by atoms with Gasteiger partial charge in [0.15, 0.2) is 11.6 Å². The lowest BCUT2D eigenvalue weighted by atomic mass is 9.95. The average Bonchev–Trinajstić information content (AvgIpc) is 2.57. The van der Waals surface area contributed by atoms with E-state index in [-0.39, 0.29) is 23.3 Å². The minimum absolute atomic E-state index is 0.00691. The number of rotatable bonds is 4. The van der Waals surface area contributed by atoms with E-state index in [1.165, 1.54) is 12.1 Å². The average molecular weight is 386 g/mol. The quantitative estimate of drug-likeness (QED) is 0.720. The first-order valence-corrected chi connectivity index (χ1v) is 9.07. The highest BCUT2D eigenvalue weighted by atomic mass is 19.1. The van der Waals surface area contributed by atoms with Crippen LogP contribution in [0.1, 0.15) is 41.5 Å². The fourth-order valence-corrected chi connectivity index (χ4v) is 2.06. The molecule has 0 unspecified atom stereocenters. The molecule has 0 atom stereocenters. The Morgan fingerprint density at radius 2 is 1.36 bits per heavy atom. The number of benzene rings is 2. The summed E-state index contributed by atoms with van der Waals surface area (Å²) in [6.45, 7) is 10.7. The molecule has 2 aromatic carbocycles. The lowest BCUT2D eigenvalue weighted by Crippen LogP contribution is -2.28. The minimum atomic E-state index is -0.674. The van der Waals surface area contributed by atoms with Crippen LogP contribution in [0.3, 0.4) is 0 Å². The summed E-state index contributed by atoms with van der Waals surface area (Å²) in [5.41, 5.74) is -0.552. The van der Waals surface area contributed by atoms with Crippen molar-refractivity contribution in [1.82, 2.24) is 0 Å². The van der Waals surface area contributed by atoms with Gasteiger partial charge in [0, 0.05) is 16.5 Å². The summed E-state index contributed by atoms with van der Waals surface area (Å²) in [6, 6.07) is 11.1. The highest BCUT2D eigenvalue weighted by Gasteiger charge is 2.24. The van der Waals surface area contributed by atoms with E-state index < -0.39 is 16.6 Å². The number of hydrogen-bond acceptors (Lipinski definition) is 3. The number of carbonyl (C=O) groups excluding carboxylic acids is 2. The van der Waals surface area contributed by atoms with Gasteiger partial charge in [0.1, 0.15) is 11.4 Å². The molecule has 2 aromatic rings. The van der Waals surface area contributed by atoms with Crippen molar-refractivity contribution < 1.29 is 18.7 Å². The van der Waals surface area contributed by atoms with Crippen LogP contribution >= 0.6 is 0 Å². The molecule has 0 aliphatic heterocycles. The van der Waals surface area contributed by atoms with Crippen molar-refractivity contribution in [3.05, 3.63) is 48.3 Å². The number of halogens is 1. The van der Waals surface area contributed by atoms with Gasteiger partial charge in [-0.1, -0.05) is 47.6 Å². The molecule has 0 saturated heterocycles. The number of nitrogens with one attached hydrogen (secondary N) is 2. The van der Waals surface area contributed by atoms with Gasteiger partial charge in [0.05, 0.1) is 0 Å². The van der Waals surface area contributed by atoms with Crippen LogP contribution in [0.2, 0.25) is 0 Å². The molecule has 2 amide bonds. The van der Waals surface area contributed by atoms with Crippen molar-refractivity contribution in [2.24, 2.45) is 10.8 Å². The lowest BCUT2D eigenvalue weighted by Gasteiger charge is -2.20. The Hall–Kier alpha value is -2.89. The van der Waals surface area contributed by atoms with Gasteiger partial charge in [-0.15, -0.1) is 0 Å². The monoisotopic (exact) mass is 386 g/mol. The van der Waals surface area contributed by atoms with Crippen molar-refractivity contribution >= 4 is 23.2 Å². The maximum atomic E-state index is 14.3. The van der Waals surface area contributed by atoms with Crippen molar-refractivity contribution in [1.29, 1.82) is 0 Å². The molecule has 5 nitrogen and oxygen atoms in total. The van der Waals surface area contributed by atoms with Crippen LogP contribution < -0.4 is 15.4 Å². The van der Waals surface area contributed by atoms with Gasteiger partial charge in [-0.05, 0) is 36.4 Å². The highest BCUT2D eigenvalue weighted by Crippen LogP contribution is 2.33. The third kappa shape index (κ3) is 5.55. The lowest BCUT2D eigenvalue weighted by molar-refractivity contribution is -0.123. The first-order chi connectivity index (χ1) is 12.9. The summed E-state index contributed by atoms with van der Waals surface area (Å²) in [5.74, 6) is -0.347. The molecule has 2 N–H and O–H groups in total. The van der Waals surface area contributed by atoms with Crippen molar-refractivity contribution in [3.63, 3.8) is 0 Å². The third-order valence-electron chi connectivity index (χ3n) is 3.92. The van der Waals surface area contributed by atoms with Gasteiger partial charge >= 0.3 is 0 Å². The van der Waals surface area contributed by atoms with Crippen molar-refractivity contribution in [2.45, 2.75) is 41.5 Å². The predicted octanol–water partition coefficient (Wildman–Crippen LogP) is 5.59. The van der Waals surface area contributed by atoms with Gasteiger partial charge in [0.25, 0.3) is 0 Å². The molecule has 28 heavy (non-hydrogen) atoms. The van der Waals surface area contributed by atoms with Crippen LogP contribution in [0.4, 0.5) is 15.8 Å². The van der Waals surface area contributed by atoms with Crippen LogP contribution in [-0.4, -0.2) is 11.8 Å². The first-order valence-electron chi connectivity index (χ1n) is 9.07. The SMILES string of the molecule is CC(C)(C)C(=O)Nc1ccc(Oc2cccc(F)c2NC(=O)C(C)(C)C)cc1. The van der Waals surface area contributed by atoms with Crippen LogP contribution in [0, 0.1) is 16.6 Å². The Kier molecular flexibility index (Phi) is 6.12. The largest absolute Gasteiger partial charge is 0.455 e. The zero-order valence-corrected chi connectivity index (χ0v) is 17.1. The highest BCUT2D eigenvalue weighted by molar-refractivity contribution is 5.96. The molecular formula is C22H27FN2O3. The number of ether oxygens (including phenoxy) is 1. The van der Waals surface area contributed by atoms with E-state index in [0.29, 0.717) is 11.4 Å². The smallest absolute Gasteiger partial charge is 0.229 e. The number of hydrogen-bond donors (Lipinski definition) is 2. The Labute approximate surface area is 165 Å². The Balaban J connectivity index is 2.19. The Bertz CT molecular complexity index is 863. The van der Waals surface area contributed by atoms with E-state index in [1.807, 2.05) is 20.8 Å². The molecule has 0 spiro atoms. The van der Waals surface area contributed by atoms with Crippen LogP contribution in [0.25, 0.3) is 0 Å². The molecule has 0 fully saturated rings. The molecule has 0 bridgehead atoms. The zero-order valence-electron chi connectivity index (χ0n) is 17.1. The van der Waals surface area contributed by atoms with Gasteiger partial charge < -0.3 is 15.4 Å². The number of amides is 2. The molecule has 0 aliphatic rings. The molecular weight excluding hydrogens is 359 g/mol. The Morgan fingerprint density at radius 1 is 0.821 bits per heavy atom. The van der Waals surface area contributed by atoms with Gasteiger partial charge in [-0.2, -0.15) is 0 Å². The van der Waals surface area contributed by atoms with Crippen molar-refractivity contribution in [2.75, 3.05) is 10.6 Å². The second kappa shape index (κ2) is 8.00.